The summed E-state index contributed by atoms with van der Waals surface area (Å²) in [6, 6.07) is 66.1. The van der Waals surface area contributed by atoms with Gasteiger partial charge in [0.2, 0.25) is 0 Å². The van der Waals surface area contributed by atoms with E-state index in [1.807, 2.05) is 12.1 Å². The molecule has 0 aliphatic carbocycles. The summed E-state index contributed by atoms with van der Waals surface area (Å²) in [5, 5.41) is 12.3. The molecule has 0 aliphatic heterocycles. The number of hydrogen-bond acceptors (Lipinski definition) is 1. The lowest BCUT2D eigenvalue weighted by atomic mass is 9.99. The largest absolute Gasteiger partial charge is 0.456 e. The molecule has 9 aromatic carbocycles. The van der Waals surface area contributed by atoms with E-state index in [0.717, 1.165) is 38.9 Å². The number of nitrogens with zero attached hydrogens (tertiary/aromatic N) is 2. The smallest absolute Gasteiger partial charge is 0.136 e. The maximum Gasteiger partial charge on any atom is 0.136 e. The molecule has 0 fully saturated rings. The van der Waals surface area contributed by atoms with Crippen LogP contribution in [0.1, 0.15) is 0 Å². The van der Waals surface area contributed by atoms with Gasteiger partial charge in [0, 0.05) is 43.7 Å². The van der Waals surface area contributed by atoms with Crippen molar-refractivity contribution in [2.45, 2.75) is 0 Å². The molecule has 12 rings (SSSR count). The molecule has 3 aromatic heterocycles. The molecule has 3 heterocycles. The molecule has 246 valence electrons. The number of rotatable bonds is 3. The molecular formula is C50H30N2O. The zero-order valence-electron chi connectivity index (χ0n) is 28.6. The third-order valence-electron chi connectivity index (χ3n) is 11.2. The fourth-order valence-corrected chi connectivity index (χ4v) is 8.95. The average Bonchev–Trinajstić information content (AvgIpc) is 3.87. The highest BCUT2D eigenvalue weighted by atomic mass is 16.3. The van der Waals surface area contributed by atoms with Gasteiger partial charge in [0.05, 0.1) is 22.1 Å². The molecule has 53 heavy (non-hydrogen) atoms. The summed E-state index contributed by atoms with van der Waals surface area (Å²) >= 11 is 0. The summed E-state index contributed by atoms with van der Waals surface area (Å²) < 4.78 is 11.2. The number of fused-ring (bicyclic) bond motifs is 12. The minimum absolute atomic E-state index is 0.906. The number of aromatic nitrogens is 2. The van der Waals surface area contributed by atoms with Gasteiger partial charge >= 0.3 is 0 Å². The highest BCUT2D eigenvalue weighted by molar-refractivity contribution is 6.30. The third-order valence-corrected chi connectivity index (χ3v) is 11.2. The zero-order valence-corrected chi connectivity index (χ0v) is 28.6. The number of benzene rings is 9. The van der Waals surface area contributed by atoms with Crippen LogP contribution in [0.25, 0.3) is 110 Å². The van der Waals surface area contributed by atoms with Gasteiger partial charge < -0.3 is 13.6 Å². The van der Waals surface area contributed by atoms with Crippen molar-refractivity contribution in [3.63, 3.8) is 0 Å². The Kier molecular flexibility index (Phi) is 5.77. The van der Waals surface area contributed by atoms with E-state index in [0.29, 0.717) is 0 Å². The topological polar surface area (TPSA) is 23.0 Å². The molecule has 12 aromatic rings. The van der Waals surface area contributed by atoms with Crippen molar-refractivity contribution in [1.29, 1.82) is 0 Å². The van der Waals surface area contributed by atoms with Crippen LogP contribution >= 0.6 is 0 Å². The predicted molar refractivity (Wildman–Crippen MR) is 223 cm³/mol. The minimum Gasteiger partial charge on any atom is -0.456 e. The monoisotopic (exact) mass is 674 g/mol. The molecule has 0 spiro atoms. The lowest BCUT2D eigenvalue weighted by Gasteiger charge is -2.12. The lowest BCUT2D eigenvalue weighted by Crippen LogP contribution is -1.95. The Labute approximate surface area is 304 Å². The van der Waals surface area contributed by atoms with Gasteiger partial charge in [-0.05, 0) is 99.4 Å². The molecule has 0 saturated heterocycles. The molecule has 0 radical (unpaired) electrons. The molecule has 0 N–H and O–H groups in total. The van der Waals surface area contributed by atoms with Crippen molar-refractivity contribution >= 4 is 87.1 Å². The van der Waals surface area contributed by atoms with Crippen molar-refractivity contribution in [2.24, 2.45) is 0 Å². The number of hydrogen-bond donors (Lipinski definition) is 0. The highest BCUT2D eigenvalue weighted by Gasteiger charge is 2.22. The van der Waals surface area contributed by atoms with Crippen LogP contribution in [-0.2, 0) is 0 Å². The van der Waals surface area contributed by atoms with Gasteiger partial charge in [-0.25, -0.2) is 0 Å². The van der Waals surface area contributed by atoms with Crippen LogP contribution in [0.3, 0.4) is 0 Å². The third kappa shape index (κ3) is 4.05. The minimum atomic E-state index is 0.906. The number of para-hydroxylation sites is 2. The second-order valence-corrected chi connectivity index (χ2v) is 14.1. The summed E-state index contributed by atoms with van der Waals surface area (Å²) in [6.45, 7) is 0. The van der Waals surface area contributed by atoms with Crippen molar-refractivity contribution in [2.75, 3.05) is 0 Å². The molecule has 3 nitrogen and oxygen atoms in total. The van der Waals surface area contributed by atoms with E-state index in [4.69, 9.17) is 4.42 Å². The zero-order chi connectivity index (χ0) is 34.6. The molecule has 3 heteroatoms. The Morgan fingerprint density at radius 2 is 0.943 bits per heavy atom. The summed E-state index contributed by atoms with van der Waals surface area (Å²) in [4.78, 5) is 0. The summed E-state index contributed by atoms with van der Waals surface area (Å²) in [5.41, 5.74) is 11.2. The van der Waals surface area contributed by atoms with Gasteiger partial charge in [0.1, 0.15) is 11.2 Å². The first-order chi connectivity index (χ1) is 26.3. The first-order valence-corrected chi connectivity index (χ1v) is 18.2. The molecule has 0 bridgehead atoms. The van der Waals surface area contributed by atoms with Crippen molar-refractivity contribution in [1.82, 2.24) is 9.13 Å². The predicted octanol–water partition coefficient (Wildman–Crippen LogP) is 13.8. The van der Waals surface area contributed by atoms with E-state index in [2.05, 4.69) is 179 Å². The van der Waals surface area contributed by atoms with E-state index >= 15 is 0 Å². The van der Waals surface area contributed by atoms with E-state index in [-0.39, 0.29) is 0 Å². The van der Waals surface area contributed by atoms with Gasteiger partial charge in [-0.2, -0.15) is 0 Å². The Morgan fingerprint density at radius 1 is 0.321 bits per heavy atom. The van der Waals surface area contributed by atoms with Gasteiger partial charge in [-0.1, -0.05) is 115 Å². The fourth-order valence-electron chi connectivity index (χ4n) is 8.95. The second-order valence-electron chi connectivity index (χ2n) is 14.1. The van der Waals surface area contributed by atoms with Crippen LogP contribution < -0.4 is 0 Å². The number of furan rings is 1. The van der Waals surface area contributed by atoms with E-state index in [9.17, 15) is 0 Å². The Morgan fingerprint density at radius 3 is 1.79 bits per heavy atom. The average molecular weight is 675 g/mol. The Hall–Kier alpha value is -7.10. The quantitative estimate of drug-likeness (QED) is 0.183. The SMILES string of the molecule is c1cc(-c2cccc3oc4ccccc4c23)cc(-n2c3ccccc3c3c4c5cc6ccccc6cc5n(-c5ccc6ccccc6c5)c4ccc32)c1. The molecule has 0 saturated carbocycles. The Bertz CT molecular complexity index is 3470. The first-order valence-electron chi connectivity index (χ1n) is 18.2. The van der Waals surface area contributed by atoms with Crippen LogP contribution in [0, 0.1) is 0 Å². The first kappa shape index (κ1) is 28.6. The van der Waals surface area contributed by atoms with E-state index < -0.39 is 0 Å². The van der Waals surface area contributed by atoms with Crippen LogP contribution in [-0.4, -0.2) is 9.13 Å². The van der Waals surface area contributed by atoms with Crippen LogP contribution in [0.15, 0.2) is 186 Å². The fraction of sp³-hybridized carbons (Fsp3) is 0. The summed E-state index contributed by atoms with van der Waals surface area (Å²) in [6.07, 6.45) is 0. The van der Waals surface area contributed by atoms with Gasteiger partial charge in [0.25, 0.3) is 0 Å². The second kappa shape index (κ2) is 10.7. The van der Waals surface area contributed by atoms with Crippen molar-refractivity contribution in [3.8, 4) is 22.5 Å². The summed E-state index contributed by atoms with van der Waals surface area (Å²) in [7, 11) is 0. The van der Waals surface area contributed by atoms with Crippen LogP contribution in [0.4, 0.5) is 0 Å². The maximum atomic E-state index is 6.28. The van der Waals surface area contributed by atoms with Crippen molar-refractivity contribution in [3.05, 3.63) is 182 Å². The van der Waals surface area contributed by atoms with Gasteiger partial charge in [0.15, 0.2) is 0 Å². The Balaban J connectivity index is 1.17. The van der Waals surface area contributed by atoms with Crippen LogP contribution in [0.5, 0.6) is 0 Å². The summed E-state index contributed by atoms with van der Waals surface area (Å²) in [5.74, 6) is 0. The van der Waals surface area contributed by atoms with E-state index in [1.54, 1.807) is 0 Å². The standard InChI is InChI=1S/C50H30N2O/c1-2-12-32-27-37(24-23-31(32)11-1)52-44-26-25-43-49(50(44)41-29-33-13-3-4-14-34(33)30-45(41)52)39-17-5-7-20-42(39)51(43)36-16-9-15-35(28-36)38-19-10-22-47-48(38)40-18-6-8-21-46(40)53-47/h1-30H. The molecular weight excluding hydrogens is 645 g/mol. The molecule has 0 unspecified atom stereocenters. The normalized spacial score (nSPS) is 12.2. The van der Waals surface area contributed by atoms with E-state index in [1.165, 1.54) is 70.7 Å². The lowest BCUT2D eigenvalue weighted by molar-refractivity contribution is 0.669. The van der Waals surface area contributed by atoms with Crippen LogP contribution in [0.2, 0.25) is 0 Å². The molecule has 0 aliphatic rings. The van der Waals surface area contributed by atoms with Gasteiger partial charge in [-0.15, -0.1) is 0 Å². The van der Waals surface area contributed by atoms with Crippen molar-refractivity contribution < 1.29 is 4.42 Å². The molecule has 0 amide bonds. The molecule has 0 atom stereocenters. The maximum absolute atomic E-state index is 6.28. The highest BCUT2D eigenvalue weighted by Crippen LogP contribution is 2.44. The van der Waals surface area contributed by atoms with Gasteiger partial charge in [-0.3, -0.25) is 0 Å².